The summed E-state index contributed by atoms with van der Waals surface area (Å²) in [6, 6.07) is 32.5. The van der Waals surface area contributed by atoms with Crippen LogP contribution in [0.1, 0.15) is 11.1 Å². The van der Waals surface area contributed by atoms with Gasteiger partial charge in [-0.15, -0.1) is 0 Å². The van der Waals surface area contributed by atoms with Crippen LogP contribution in [0.3, 0.4) is 0 Å². The number of carbonyl (C=O) groups excluding carboxylic acids is 1. The highest BCUT2D eigenvalue weighted by Crippen LogP contribution is 2.53. The molecule has 4 aromatic rings. The Kier molecular flexibility index (Phi) is 9.21. The largest absolute Gasteiger partial charge is 0.465 e. The lowest BCUT2D eigenvalue weighted by atomic mass is 10.1. The molecule has 4 N–H and O–H groups in total. The number of nitrogens with one attached hydrogen (secondary N) is 3. The van der Waals surface area contributed by atoms with E-state index < -0.39 is 25.5 Å². The Morgan fingerprint density at radius 1 is 0.718 bits per heavy atom. The van der Waals surface area contributed by atoms with Crippen molar-refractivity contribution >= 4 is 25.4 Å². The minimum absolute atomic E-state index is 0.0725. The van der Waals surface area contributed by atoms with Crippen molar-refractivity contribution in [3.63, 3.8) is 0 Å². The summed E-state index contributed by atoms with van der Waals surface area (Å²) in [4.78, 5) is 24.0. The number of carboxylic acid groups (broad SMARTS) is 1. The van der Waals surface area contributed by atoms with E-state index in [0.717, 1.165) is 5.56 Å². The number of amides is 3. The fourth-order valence-corrected chi connectivity index (χ4v) is 5.53. The molecule has 0 radical (unpaired) electrons. The number of carbonyl (C=O) groups is 2. The van der Waals surface area contributed by atoms with E-state index in [4.69, 9.17) is 14.2 Å². The Hall–Kier alpha value is -4.75. The highest BCUT2D eigenvalue weighted by Gasteiger charge is 2.41. The molecule has 0 fully saturated rings. The molecule has 10 heteroatoms. The molecule has 0 saturated carbocycles. The third-order valence-electron chi connectivity index (χ3n) is 5.56. The number of benzene rings is 4. The Morgan fingerprint density at radius 2 is 1.23 bits per heavy atom. The molecule has 1 atom stereocenters. The monoisotopic (exact) mass is 545 g/mol. The molecular formula is C29H28N3O6P. The molecule has 1 unspecified atom stereocenters. The second kappa shape index (κ2) is 13.2. The normalized spacial score (nSPS) is 11.6. The lowest BCUT2D eigenvalue weighted by molar-refractivity contribution is 0.209. The Balaban J connectivity index is 1.63. The number of anilines is 1. The third kappa shape index (κ3) is 8.38. The van der Waals surface area contributed by atoms with Gasteiger partial charge in [-0.2, -0.15) is 0 Å². The molecule has 0 bridgehead atoms. The van der Waals surface area contributed by atoms with Crippen LogP contribution in [0.4, 0.5) is 15.3 Å². The van der Waals surface area contributed by atoms with Gasteiger partial charge in [0.1, 0.15) is 11.5 Å². The van der Waals surface area contributed by atoms with Gasteiger partial charge in [-0.25, -0.2) is 14.2 Å². The predicted octanol–water partition coefficient (Wildman–Crippen LogP) is 6.50. The molecule has 0 saturated heterocycles. The molecule has 39 heavy (non-hydrogen) atoms. The highest BCUT2D eigenvalue weighted by atomic mass is 31.2. The van der Waals surface area contributed by atoms with Crippen LogP contribution in [-0.2, 0) is 17.5 Å². The van der Waals surface area contributed by atoms with E-state index in [-0.39, 0.29) is 13.0 Å². The van der Waals surface area contributed by atoms with Crippen molar-refractivity contribution in [2.45, 2.75) is 18.7 Å². The first-order chi connectivity index (χ1) is 18.9. The van der Waals surface area contributed by atoms with E-state index in [1.165, 1.54) is 0 Å². The van der Waals surface area contributed by atoms with Gasteiger partial charge in [0.15, 0.2) is 5.78 Å². The van der Waals surface area contributed by atoms with Gasteiger partial charge >= 0.3 is 19.7 Å². The standard InChI is InChI=1S/C29H28N3O6P/c33-28(30-21-23-10-4-1-5-11-23)32-27(20-22-16-18-24(19-17-22)31-29(34)35)39(36,37-25-12-6-2-7-13-25)38-26-14-8-3-9-15-26/h1-19,27,31H,20-21H2,(H,34,35)(H2,30,32,33). The second-order valence-corrected chi connectivity index (χ2v) is 10.6. The molecule has 0 spiro atoms. The van der Waals surface area contributed by atoms with Gasteiger partial charge in [-0.3, -0.25) is 5.32 Å². The summed E-state index contributed by atoms with van der Waals surface area (Å²) in [5.41, 5.74) is 1.95. The maximum Gasteiger partial charge on any atom is 0.453 e. The van der Waals surface area contributed by atoms with Crippen LogP contribution in [-0.4, -0.2) is 23.0 Å². The maximum atomic E-state index is 14.5. The minimum Gasteiger partial charge on any atom is -0.465 e. The first kappa shape index (κ1) is 27.3. The average molecular weight is 546 g/mol. The Morgan fingerprint density at radius 3 is 1.74 bits per heavy atom. The number of urea groups is 1. The van der Waals surface area contributed by atoms with Gasteiger partial charge in [0.2, 0.25) is 0 Å². The summed E-state index contributed by atoms with van der Waals surface area (Å²) in [5.74, 6) is -0.476. The van der Waals surface area contributed by atoms with Gasteiger partial charge in [0, 0.05) is 18.7 Å². The molecule has 0 heterocycles. The second-order valence-electron chi connectivity index (χ2n) is 8.51. The van der Waals surface area contributed by atoms with E-state index >= 15 is 0 Å². The molecule has 0 aliphatic heterocycles. The fraction of sp³-hybridized carbons (Fsp3) is 0.103. The first-order valence-electron chi connectivity index (χ1n) is 12.2. The fourth-order valence-electron chi connectivity index (χ4n) is 3.70. The summed E-state index contributed by atoms with van der Waals surface area (Å²) < 4.78 is 26.5. The van der Waals surface area contributed by atoms with E-state index in [1.807, 2.05) is 30.3 Å². The Labute approximate surface area is 226 Å². The quantitative estimate of drug-likeness (QED) is 0.160. The van der Waals surface area contributed by atoms with Crippen LogP contribution in [0.2, 0.25) is 0 Å². The van der Waals surface area contributed by atoms with Gasteiger partial charge in [0.25, 0.3) is 0 Å². The smallest absolute Gasteiger partial charge is 0.453 e. The minimum atomic E-state index is -4.10. The Bertz CT molecular complexity index is 1360. The molecule has 3 amide bonds. The summed E-state index contributed by atoms with van der Waals surface area (Å²) in [6.45, 7) is 0.262. The van der Waals surface area contributed by atoms with E-state index in [0.29, 0.717) is 22.7 Å². The van der Waals surface area contributed by atoms with Crippen LogP contribution in [0.15, 0.2) is 115 Å². The number of hydrogen-bond acceptors (Lipinski definition) is 5. The van der Waals surface area contributed by atoms with E-state index in [1.54, 1.807) is 84.9 Å². The highest BCUT2D eigenvalue weighted by molar-refractivity contribution is 7.55. The van der Waals surface area contributed by atoms with E-state index in [9.17, 15) is 14.2 Å². The summed E-state index contributed by atoms with van der Waals surface area (Å²) in [7, 11) is -4.10. The lowest BCUT2D eigenvalue weighted by Crippen LogP contribution is -2.44. The molecular weight excluding hydrogens is 517 g/mol. The number of para-hydroxylation sites is 2. The van der Waals surface area contributed by atoms with Crippen LogP contribution >= 0.6 is 7.60 Å². The molecule has 0 aliphatic rings. The van der Waals surface area contributed by atoms with Crippen LogP contribution < -0.4 is 25.0 Å². The first-order valence-corrected chi connectivity index (χ1v) is 13.8. The zero-order valence-electron chi connectivity index (χ0n) is 20.9. The van der Waals surface area contributed by atoms with Crippen molar-refractivity contribution < 1.29 is 28.3 Å². The van der Waals surface area contributed by atoms with E-state index in [2.05, 4.69) is 16.0 Å². The maximum absolute atomic E-state index is 14.5. The molecule has 4 rings (SSSR count). The molecule has 200 valence electrons. The van der Waals surface area contributed by atoms with Gasteiger partial charge in [0.05, 0.1) is 0 Å². The SMILES string of the molecule is O=C(O)Nc1ccc(CC(NC(=O)NCc2ccccc2)P(=O)(Oc2ccccc2)Oc2ccccc2)cc1. The zero-order chi connectivity index (χ0) is 27.5. The van der Waals surface area contributed by atoms with Crippen LogP contribution in [0, 0.1) is 0 Å². The molecule has 0 aliphatic carbocycles. The average Bonchev–Trinajstić information content (AvgIpc) is 2.94. The van der Waals surface area contributed by atoms with Crippen molar-refractivity contribution in [3.05, 3.63) is 126 Å². The van der Waals surface area contributed by atoms with Crippen LogP contribution in [0.5, 0.6) is 11.5 Å². The third-order valence-corrected chi connectivity index (χ3v) is 7.57. The van der Waals surface area contributed by atoms with Crippen molar-refractivity contribution in [1.82, 2.24) is 10.6 Å². The van der Waals surface area contributed by atoms with Crippen molar-refractivity contribution in [3.8, 4) is 11.5 Å². The summed E-state index contributed by atoms with van der Waals surface area (Å²) in [5, 5.41) is 16.8. The van der Waals surface area contributed by atoms with Crippen molar-refractivity contribution in [2.75, 3.05) is 5.32 Å². The zero-order valence-corrected chi connectivity index (χ0v) is 21.8. The lowest BCUT2D eigenvalue weighted by Gasteiger charge is -2.28. The topological polar surface area (TPSA) is 126 Å². The number of rotatable bonds is 11. The number of hydrogen-bond donors (Lipinski definition) is 4. The van der Waals surface area contributed by atoms with Crippen molar-refractivity contribution in [2.24, 2.45) is 0 Å². The van der Waals surface area contributed by atoms with Gasteiger partial charge in [-0.1, -0.05) is 78.9 Å². The molecule has 4 aromatic carbocycles. The van der Waals surface area contributed by atoms with Crippen LogP contribution in [0.25, 0.3) is 0 Å². The molecule has 9 nitrogen and oxygen atoms in total. The molecule has 0 aromatic heterocycles. The van der Waals surface area contributed by atoms with Crippen molar-refractivity contribution in [1.29, 1.82) is 0 Å². The predicted molar refractivity (Wildman–Crippen MR) is 149 cm³/mol. The summed E-state index contributed by atoms with van der Waals surface area (Å²) in [6.07, 6.45) is -1.11. The summed E-state index contributed by atoms with van der Waals surface area (Å²) >= 11 is 0. The van der Waals surface area contributed by atoms with Gasteiger partial charge in [-0.05, 0) is 47.5 Å². The van der Waals surface area contributed by atoms with Gasteiger partial charge < -0.3 is 24.8 Å².